The van der Waals surface area contributed by atoms with E-state index in [2.05, 4.69) is 31.3 Å². The van der Waals surface area contributed by atoms with Crippen LogP contribution in [0.1, 0.15) is 46.1 Å². The Morgan fingerprint density at radius 1 is 1.14 bits per heavy atom. The topological polar surface area (TPSA) is 30.5 Å². The highest BCUT2D eigenvalue weighted by molar-refractivity contribution is 5.43. The first-order valence-corrected chi connectivity index (χ1v) is 8.01. The van der Waals surface area contributed by atoms with Crippen LogP contribution < -0.4 is 14.8 Å². The number of hydrogen-bond donors (Lipinski definition) is 1. The summed E-state index contributed by atoms with van der Waals surface area (Å²) in [5.41, 5.74) is 1.78. The van der Waals surface area contributed by atoms with E-state index in [9.17, 15) is 0 Å². The van der Waals surface area contributed by atoms with Gasteiger partial charge in [-0.15, -0.1) is 0 Å². The van der Waals surface area contributed by atoms with Gasteiger partial charge in [-0.05, 0) is 55.7 Å². The minimum Gasteiger partial charge on any atom is -0.493 e. The molecule has 0 aliphatic heterocycles. The van der Waals surface area contributed by atoms with E-state index in [4.69, 9.17) is 9.47 Å². The lowest BCUT2D eigenvalue weighted by Gasteiger charge is -2.20. The van der Waals surface area contributed by atoms with Crippen molar-refractivity contribution in [1.82, 2.24) is 5.32 Å². The molecule has 0 atom stereocenters. The minimum absolute atomic E-state index is 0.156. The van der Waals surface area contributed by atoms with Crippen LogP contribution in [0, 0.1) is 11.3 Å². The molecule has 118 valence electrons. The quantitative estimate of drug-likeness (QED) is 0.785. The first-order chi connectivity index (χ1) is 9.97. The molecule has 1 aliphatic carbocycles. The normalized spacial score (nSPS) is 16.3. The van der Waals surface area contributed by atoms with Crippen molar-refractivity contribution in [2.45, 2.75) is 53.2 Å². The van der Waals surface area contributed by atoms with Gasteiger partial charge in [0.25, 0.3) is 0 Å². The van der Waals surface area contributed by atoms with E-state index >= 15 is 0 Å². The van der Waals surface area contributed by atoms with Crippen molar-refractivity contribution in [2.75, 3.05) is 13.7 Å². The zero-order chi connectivity index (χ0) is 15.5. The molecule has 0 aromatic heterocycles. The van der Waals surface area contributed by atoms with Gasteiger partial charge in [0.2, 0.25) is 0 Å². The average Bonchev–Trinajstić information content (AvgIpc) is 3.21. The Morgan fingerprint density at radius 2 is 1.86 bits per heavy atom. The number of methoxy groups -OCH3 is 1. The van der Waals surface area contributed by atoms with Crippen molar-refractivity contribution in [2.24, 2.45) is 11.3 Å². The second-order valence-electron chi connectivity index (χ2n) is 6.77. The van der Waals surface area contributed by atoms with E-state index in [1.165, 1.54) is 18.4 Å². The van der Waals surface area contributed by atoms with Crippen molar-refractivity contribution >= 4 is 0 Å². The zero-order valence-electron chi connectivity index (χ0n) is 14.0. The molecule has 0 unspecified atom stereocenters. The van der Waals surface area contributed by atoms with Gasteiger partial charge in [0.1, 0.15) is 0 Å². The number of rotatable bonds is 8. The average molecular weight is 291 g/mol. The summed E-state index contributed by atoms with van der Waals surface area (Å²) in [5.74, 6) is 2.39. The van der Waals surface area contributed by atoms with E-state index in [1.54, 1.807) is 7.11 Å². The maximum absolute atomic E-state index is 5.75. The number of ether oxygens (including phenoxy) is 2. The van der Waals surface area contributed by atoms with Gasteiger partial charge in [0.15, 0.2) is 11.5 Å². The molecule has 3 heteroatoms. The lowest BCUT2D eigenvalue weighted by Crippen LogP contribution is -2.27. The monoisotopic (exact) mass is 291 g/mol. The van der Waals surface area contributed by atoms with E-state index in [1.807, 2.05) is 19.9 Å². The Kier molecular flexibility index (Phi) is 5.15. The Balaban J connectivity index is 1.92. The molecule has 1 aliphatic rings. The fourth-order valence-electron chi connectivity index (χ4n) is 2.75. The number of benzene rings is 1. The molecule has 2 rings (SSSR count). The van der Waals surface area contributed by atoms with Gasteiger partial charge in [-0.2, -0.15) is 0 Å². The molecule has 1 N–H and O–H groups in total. The van der Waals surface area contributed by atoms with Crippen molar-refractivity contribution in [3.63, 3.8) is 0 Å². The molecule has 0 spiro atoms. The SMILES string of the molecule is COc1cc(CNCC2(C(C)C)CC2)ccc1OC(C)C. The van der Waals surface area contributed by atoms with Gasteiger partial charge < -0.3 is 14.8 Å². The third kappa shape index (κ3) is 4.13. The molecular formula is C18H29NO2. The van der Waals surface area contributed by atoms with Crippen LogP contribution in [-0.4, -0.2) is 19.8 Å². The Morgan fingerprint density at radius 3 is 2.38 bits per heavy atom. The highest BCUT2D eigenvalue weighted by atomic mass is 16.5. The number of nitrogens with one attached hydrogen (secondary N) is 1. The molecular weight excluding hydrogens is 262 g/mol. The third-order valence-corrected chi connectivity index (χ3v) is 4.51. The van der Waals surface area contributed by atoms with Crippen LogP contribution in [0.15, 0.2) is 18.2 Å². The molecule has 0 amide bonds. The molecule has 0 bridgehead atoms. The maximum atomic E-state index is 5.75. The Hall–Kier alpha value is -1.22. The van der Waals surface area contributed by atoms with Crippen molar-refractivity contribution in [3.05, 3.63) is 23.8 Å². The van der Waals surface area contributed by atoms with E-state index in [0.717, 1.165) is 30.5 Å². The highest BCUT2D eigenvalue weighted by Crippen LogP contribution is 2.51. The summed E-state index contributed by atoms with van der Waals surface area (Å²) in [6.07, 6.45) is 2.88. The summed E-state index contributed by atoms with van der Waals surface area (Å²) in [6.45, 7) is 10.7. The summed E-state index contributed by atoms with van der Waals surface area (Å²) < 4.78 is 11.2. The maximum Gasteiger partial charge on any atom is 0.161 e. The van der Waals surface area contributed by atoms with Gasteiger partial charge in [-0.1, -0.05) is 19.9 Å². The molecule has 21 heavy (non-hydrogen) atoms. The molecule has 3 nitrogen and oxygen atoms in total. The van der Waals surface area contributed by atoms with Crippen LogP contribution in [0.3, 0.4) is 0 Å². The lowest BCUT2D eigenvalue weighted by atomic mass is 9.92. The molecule has 1 saturated carbocycles. The molecule has 0 heterocycles. The molecule has 0 saturated heterocycles. The fourth-order valence-corrected chi connectivity index (χ4v) is 2.75. The van der Waals surface area contributed by atoms with Gasteiger partial charge in [-0.3, -0.25) is 0 Å². The predicted octanol–water partition coefficient (Wildman–Crippen LogP) is 4.01. The second-order valence-corrected chi connectivity index (χ2v) is 6.77. The minimum atomic E-state index is 0.156. The van der Waals surface area contributed by atoms with Crippen LogP contribution >= 0.6 is 0 Å². The third-order valence-electron chi connectivity index (χ3n) is 4.51. The van der Waals surface area contributed by atoms with Crippen LogP contribution in [0.5, 0.6) is 11.5 Å². The van der Waals surface area contributed by atoms with E-state index in [0.29, 0.717) is 5.41 Å². The number of hydrogen-bond acceptors (Lipinski definition) is 3. The largest absolute Gasteiger partial charge is 0.493 e. The van der Waals surface area contributed by atoms with Crippen LogP contribution in [0.25, 0.3) is 0 Å². The summed E-state index contributed by atoms with van der Waals surface area (Å²) in [6, 6.07) is 6.19. The van der Waals surface area contributed by atoms with Crippen LogP contribution in [0.2, 0.25) is 0 Å². The molecule has 1 aromatic carbocycles. The lowest BCUT2D eigenvalue weighted by molar-refractivity contribution is 0.230. The van der Waals surface area contributed by atoms with Gasteiger partial charge in [0.05, 0.1) is 13.2 Å². The second kappa shape index (κ2) is 6.69. The molecule has 0 radical (unpaired) electrons. The van der Waals surface area contributed by atoms with Gasteiger partial charge in [0, 0.05) is 13.1 Å². The summed E-state index contributed by atoms with van der Waals surface area (Å²) in [5, 5.41) is 3.60. The highest BCUT2D eigenvalue weighted by Gasteiger charge is 2.44. The smallest absolute Gasteiger partial charge is 0.161 e. The Labute approximate surface area is 129 Å². The Bertz CT molecular complexity index is 464. The van der Waals surface area contributed by atoms with E-state index in [-0.39, 0.29) is 6.10 Å². The zero-order valence-corrected chi connectivity index (χ0v) is 14.0. The van der Waals surface area contributed by atoms with Crippen LogP contribution in [0.4, 0.5) is 0 Å². The standard InChI is InChI=1S/C18H29NO2/c1-13(2)18(8-9-18)12-19-11-15-6-7-16(21-14(3)4)17(10-15)20-5/h6-7,10,13-14,19H,8-9,11-12H2,1-5H3. The summed E-state index contributed by atoms with van der Waals surface area (Å²) in [7, 11) is 1.69. The molecule has 1 fully saturated rings. The van der Waals surface area contributed by atoms with Crippen molar-refractivity contribution in [1.29, 1.82) is 0 Å². The summed E-state index contributed by atoms with van der Waals surface area (Å²) in [4.78, 5) is 0. The van der Waals surface area contributed by atoms with Crippen LogP contribution in [-0.2, 0) is 6.54 Å². The first-order valence-electron chi connectivity index (χ1n) is 8.01. The van der Waals surface area contributed by atoms with E-state index < -0.39 is 0 Å². The van der Waals surface area contributed by atoms with Crippen molar-refractivity contribution < 1.29 is 9.47 Å². The summed E-state index contributed by atoms with van der Waals surface area (Å²) >= 11 is 0. The fraction of sp³-hybridized carbons (Fsp3) is 0.667. The predicted molar refractivity (Wildman–Crippen MR) is 87.0 cm³/mol. The van der Waals surface area contributed by atoms with Crippen molar-refractivity contribution in [3.8, 4) is 11.5 Å². The van der Waals surface area contributed by atoms with Gasteiger partial charge >= 0.3 is 0 Å². The molecule has 1 aromatic rings. The van der Waals surface area contributed by atoms with Gasteiger partial charge in [-0.25, -0.2) is 0 Å². The first kappa shape index (κ1) is 16.2.